The molecule has 1 aliphatic heterocycles. The second kappa shape index (κ2) is 15.2. The van der Waals surface area contributed by atoms with E-state index in [0.717, 1.165) is 83.5 Å². The SMILES string of the molecule is C[C@H]1[C@@H](CN(C)Cc2ccccc2)O[C@@H](c2ccc(-c3cccc(CNC(=O)NC45CC6CC(CC(C6)C4)C5)c3)cc2)O[C@H]1c1ccc(CO)cc1. The number of nitrogens with one attached hydrogen (secondary N) is 2. The highest BCUT2D eigenvalue weighted by molar-refractivity contribution is 5.75. The lowest BCUT2D eigenvalue weighted by atomic mass is 9.53. The lowest BCUT2D eigenvalue weighted by molar-refractivity contribution is -0.276. The molecule has 4 atom stereocenters. The Balaban J connectivity index is 0.935. The maximum atomic E-state index is 13.1. The van der Waals surface area contributed by atoms with Crippen LogP contribution in [0, 0.1) is 23.7 Å². The van der Waals surface area contributed by atoms with Gasteiger partial charge in [0.2, 0.25) is 0 Å². The number of aliphatic hydroxyl groups is 1. The average molecular weight is 700 g/mol. The van der Waals surface area contributed by atoms with Gasteiger partial charge in [-0.2, -0.15) is 0 Å². The molecule has 52 heavy (non-hydrogen) atoms. The molecular weight excluding hydrogens is 647 g/mol. The number of rotatable bonds is 11. The molecule has 9 rings (SSSR count). The molecule has 5 aliphatic rings. The summed E-state index contributed by atoms with van der Waals surface area (Å²) >= 11 is 0. The van der Waals surface area contributed by atoms with Gasteiger partial charge in [0.15, 0.2) is 6.29 Å². The van der Waals surface area contributed by atoms with E-state index < -0.39 is 6.29 Å². The predicted octanol–water partition coefficient (Wildman–Crippen LogP) is 8.54. The first-order valence-corrected chi connectivity index (χ1v) is 19.3. The Morgan fingerprint density at radius 3 is 2.10 bits per heavy atom. The molecule has 4 aromatic carbocycles. The number of nitrogens with zero attached hydrogens (tertiary/aromatic N) is 1. The first-order chi connectivity index (χ1) is 25.3. The van der Waals surface area contributed by atoms with Gasteiger partial charge in [-0.25, -0.2) is 4.79 Å². The summed E-state index contributed by atoms with van der Waals surface area (Å²) in [7, 11) is 2.15. The Labute approximate surface area is 308 Å². The third-order valence-electron chi connectivity index (χ3n) is 12.2. The van der Waals surface area contributed by atoms with E-state index in [4.69, 9.17) is 9.47 Å². The maximum absolute atomic E-state index is 13.1. The Morgan fingerprint density at radius 1 is 0.769 bits per heavy atom. The summed E-state index contributed by atoms with van der Waals surface area (Å²) < 4.78 is 13.5. The van der Waals surface area contributed by atoms with Crippen LogP contribution in [0.4, 0.5) is 4.79 Å². The van der Waals surface area contributed by atoms with Gasteiger partial charge in [0.05, 0.1) is 18.8 Å². The van der Waals surface area contributed by atoms with Crippen molar-refractivity contribution >= 4 is 6.03 Å². The zero-order valence-electron chi connectivity index (χ0n) is 30.5. The van der Waals surface area contributed by atoms with E-state index in [1.165, 1.54) is 24.8 Å². The third kappa shape index (κ3) is 7.84. The highest BCUT2D eigenvalue weighted by atomic mass is 16.7. The second-order valence-electron chi connectivity index (χ2n) is 16.3. The van der Waals surface area contributed by atoms with Crippen molar-refractivity contribution in [3.8, 4) is 11.1 Å². The summed E-state index contributed by atoms with van der Waals surface area (Å²) in [6.45, 7) is 4.32. The van der Waals surface area contributed by atoms with Gasteiger partial charge in [-0.05, 0) is 103 Å². The summed E-state index contributed by atoms with van der Waals surface area (Å²) in [5.41, 5.74) is 7.51. The molecule has 0 spiro atoms. The monoisotopic (exact) mass is 699 g/mol. The number of likely N-dealkylation sites (N-methyl/N-ethyl adjacent to an activating group) is 1. The van der Waals surface area contributed by atoms with E-state index in [2.05, 4.69) is 114 Å². The largest absolute Gasteiger partial charge is 0.392 e. The van der Waals surface area contributed by atoms with Gasteiger partial charge in [0.1, 0.15) is 0 Å². The van der Waals surface area contributed by atoms with Crippen molar-refractivity contribution in [2.24, 2.45) is 23.7 Å². The summed E-state index contributed by atoms with van der Waals surface area (Å²) in [6.07, 6.45) is 6.81. The first kappa shape index (κ1) is 35.0. The number of benzene rings is 4. The summed E-state index contributed by atoms with van der Waals surface area (Å²) in [4.78, 5) is 15.4. The van der Waals surface area contributed by atoms with Gasteiger partial charge >= 0.3 is 6.03 Å². The number of ether oxygens (including phenoxy) is 2. The molecule has 2 amide bonds. The molecule has 0 radical (unpaired) electrons. The van der Waals surface area contributed by atoms with Crippen molar-refractivity contribution in [2.75, 3.05) is 13.6 Å². The van der Waals surface area contributed by atoms with E-state index in [9.17, 15) is 9.90 Å². The van der Waals surface area contributed by atoms with E-state index in [1.54, 1.807) is 0 Å². The standard InChI is InChI=1S/C45H53N3O4/c1-30-41(28-48(2)27-31-7-4-3-5-8-31)51-43(52-42(30)38-13-11-32(29-49)12-14-38)39-17-15-37(16-18-39)40-10-6-9-33(22-40)26-46-44(50)47-45-23-34-19-35(24-45)21-36(20-34)25-45/h3-18,22,30,34-36,41-43,49H,19-21,23-29H2,1-2H3,(H2,46,47,50)/t30-,34?,35?,36?,41+,42+,43+,45?/m0/s1. The van der Waals surface area contributed by atoms with Crippen LogP contribution in [0.3, 0.4) is 0 Å². The van der Waals surface area contributed by atoms with Crippen LogP contribution in [0.1, 0.15) is 85.7 Å². The van der Waals surface area contributed by atoms with Crippen molar-refractivity contribution in [3.05, 3.63) is 131 Å². The summed E-state index contributed by atoms with van der Waals surface area (Å²) in [5, 5.41) is 16.2. The van der Waals surface area contributed by atoms with Gasteiger partial charge in [-0.3, -0.25) is 4.90 Å². The molecule has 0 unspecified atom stereocenters. The van der Waals surface area contributed by atoms with Crippen molar-refractivity contribution in [3.63, 3.8) is 0 Å². The Morgan fingerprint density at radius 2 is 1.42 bits per heavy atom. The lowest BCUT2D eigenvalue weighted by Gasteiger charge is -2.56. The van der Waals surface area contributed by atoms with E-state index in [-0.39, 0.29) is 36.3 Å². The maximum Gasteiger partial charge on any atom is 0.315 e. The molecule has 5 fully saturated rings. The van der Waals surface area contributed by atoms with Crippen LogP contribution < -0.4 is 10.6 Å². The Kier molecular flexibility index (Phi) is 10.2. The van der Waals surface area contributed by atoms with E-state index >= 15 is 0 Å². The van der Waals surface area contributed by atoms with Crippen molar-refractivity contribution in [2.45, 2.75) is 89.2 Å². The van der Waals surface area contributed by atoms with Crippen LogP contribution in [0.5, 0.6) is 0 Å². The number of hydrogen-bond acceptors (Lipinski definition) is 5. The third-order valence-corrected chi connectivity index (χ3v) is 12.2. The van der Waals surface area contributed by atoms with Crippen molar-refractivity contribution in [1.82, 2.24) is 15.5 Å². The molecule has 4 bridgehead atoms. The van der Waals surface area contributed by atoms with Gasteiger partial charge in [-0.1, -0.05) is 104 Å². The topological polar surface area (TPSA) is 83.1 Å². The van der Waals surface area contributed by atoms with Gasteiger partial charge in [0.25, 0.3) is 0 Å². The molecule has 4 saturated carbocycles. The fourth-order valence-electron chi connectivity index (χ4n) is 10.0. The fraction of sp³-hybridized carbons (Fsp3) is 0.444. The molecule has 3 N–H and O–H groups in total. The normalized spacial score (nSPS) is 29.3. The quantitative estimate of drug-likeness (QED) is 0.146. The van der Waals surface area contributed by atoms with E-state index in [0.29, 0.717) is 6.54 Å². The van der Waals surface area contributed by atoms with Crippen LogP contribution in [0.25, 0.3) is 11.1 Å². The summed E-state index contributed by atoms with van der Waals surface area (Å²) in [6, 6.07) is 35.5. The molecule has 272 valence electrons. The van der Waals surface area contributed by atoms with Gasteiger partial charge in [-0.15, -0.1) is 0 Å². The van der Waals surface area contributed by atoms with Gasteiger partial charge in [0, 0.05) is 36.7 Å². The molecule has 7 heteroatoms. The first-order valence-electron chi connectivity index (χ1n) is 19.3. The number of amides is 2. The van der Waals surface area contributed by atoms with Crippen LogP contribution in [0.15, 0.2) is 103 Å². The van der Waals surface area contributed by atoms with Crippen LogP contribution >= 0.6 is 0 Å². The minimum absolute atomic E-state index is 0.00882. The highest BCUT2D eigenvalue weighted by Gasteiger charge is 2.51. The van der Waals surface area contributed by atoms with Gasteiger partial charge < -0.3 is 25.2 Å². The Bertz CT molecular complexity index is 1780. The molecule has 4 aliphatic carbocycles. The summed E-state index contributed by atoms with van der Waals surface area (Å²) in [5.74, 6) is 2.51. The van der Waals surface area contributed by atoms with E-state index in [1.807, 2.05) is 18.2 Å². The molecule has 1 heterocycles. The molecule has 0 aromatic heterocycles. The number of carbonyl (C=O) groups excluding carboxylic acids is 1. The molecule has 7 nitrogen and oxygen atoms in total. The fourth-order valence-corrected chi connectivity index (χ4v) is 10.0. The number of hydrogen-bond donors (Lipinski definition) is 3. The number of carbonyl (C=O) groups is 1. The van der Waals surface area contributed by atoms with Crippen LogP contribution in [-0.4, -0.2) is 41.3 Å². The zero-order chi connectivity index (χ0) is 35.7. The minimum Gasteiger partial charge on any atom is -0.392 e. The molecular formula is C45H53N3O4. The van der Waals surface area contributed by atoms with Crippen molar-refractivity contribution < 1.29 is 19.4 Å². The smallest absolute Gasteiger partial charge is 0.315 e. The van der Waals surface area contributed by atoms with Crippen molar-refractivity contribution in [1.29, 1.82) is 0 Å². The average Bonchev–Trinajstić information content (AvgIpc) is 3.15. The zero-order valence-corrected chi connectivity index (χ0v) is 30.5. The highest BCUT2D eigenvalue weighted by Crippen LogP contribution is 2.55. The lowest BCUT2D eigenvalue weighted by Crippen LogP contribution is -2.61. The molecule has 1 saturated heterocycles. The second-order valence-corrected chi connectivity index (χ2v) is 16.3. The predicted molar refractivity (Wildman–Crippen MR) is 204 cm³/mol. The number of urea groups is 1. The van der Waals surface area contributed by atoms with Crippen LogP contribution in [-0.2, 0) is 29.2 Å². The van der Waals surface area contributed by atoms with Crippen LogP contribution in [0.2, 0.25) is 0 Å². The molecule has 4 aromatic rings. The number of aliphatic hydroxyl groups excluding tert-OH is 1. The Hall–Kier alpha value is -4.01. The minimum atomic E-state index is -0.522.